The number of hydrogen-bond acceptors (Lipinski definition) is 4. The largest absolute Gasteiger partial charge is 0.379 e. The number of morpholine rings is 1. The number of guanidine groups is 1. The Bertz CT molecular complexity index is 717. The molecule has 30 heavy (non-hydrogen) atoms. The van der Waals surface area contributed by atoms with Gasteiger partial charge in [0.05, 0.1) is 25.8 Å². The third-order valence-electron chi connectivity index (χ3n) is 5.86. The maximum Gasteiger partial charge on any atom is 0.222 e. The lowest BCUT2D eigenvalue weighted by atomic mass is 10.0. The molecule has 0 radical (unpaired) electrons. The first-order chi connectivity index (χ1) is 14.6. The van der Waals surface area contributed by atoms with Crippen LogP contribution in [0.25, 0.3) is 0 Å². The molecular weight excluding hydrogens is 378 g/mol. The molecule has 1 aromatic rings. The molecule has 2 atom stereocenters. The fourth-order valence-electron chi connectivity index (χ4n) is 4.22. The van der Waals surface area contributed by atoms with Gasteiger partial charge in [0.1, 0.15) is 0 Å². The molecule has 0 saturated carbocycles. The second kappa shape index (κ2) is 11.3. The van der Waals surface area contributed by atoms with Gasteiger partial charge in [-0.05, 0) is 25.8 Å². The number of carbonyl (C=O) groups excluding carboxylic acids is 1. The molecule has 2 aliphatic heterocycles. The lowest BCUT2D eigenvalue weighted by Gasteiger charge is -2.34. The second-order valence-electron chi connectivity index (χ2n) is 8.12. The van der Waals surface area contributed by atoms with E-state index >= 15 is 0 Å². The van der Waals surface area contributed by atoms with Crippen LogP contribution in [-0.4, -0.2) is 80.2 Å². The number of aryl methyl sites for hydroxylation is 1. The average Bonchev–Trinajstić information content (AvgIpc) is 3.23. The van der Waals surface area contributed by atoms with E-state index in [4.69, 9.17) is 9.73 Å². The molecule has 0 spiro atoms. The number of likely N-dealkylation sites (tertiary alicyclic amines) is 1. The molecule has 1 aromatic carbocycles. The van der Waals surface area contributed by atoms with Crippen molar-refractivity contribution >= 4 is 11.9 Å². The summed E-state index contributed by atoms with van der Waals surface area (Å²) < 4.78 is 5.57. The van der Waals surface area contributed by atoms with Gasteiger partial charge in [0.2, 0.25) is 5.91 Å². The molecule has 7 heteroatoms. The van der Waals surface area contributed by atoms with Gasteiger partial charge < -0.3 is 20.3 Å². The predicted molar refractivity (Wildman–Crippen MR) is 121 cm³/mol. The summed E-state index contributed by atoms with van der Waals surface area (Å²) in [6.07, 6.45) is 1.53. The highest BCUT2D eigenvalue weighted by molar-refractivity contribution is 5.80. The smallest absolute Gasteiger partial charge is 0.222 e. The zero-order chi connectivity index (χ0) is 21.3. The summed E-state index contributed by atoms with van der Waals surface area (Å²) in [6, 6.07) is 9.21. The summed E-state index contributed by atoms with van der Waals surface area (Å²) in [6.45, 7) is 12.6. The van der Waals surface area contributed by atoms with Crippen LogP contribution >= 0.6 is 0 Å². The number of carbonyl (C=O) groups is 1. The Hall–Kier alpha value is -2.12. The minimum Gasteiger partial charge on any atom is -0.379 e. The Morgan fingerprint density at radius 1 is 1.27 bits per heavy atom. The normalized spacial score (nSPS) is 21.5. The minimum absolute atomic E-state index is 0.228. The van der Waals surface area contributed by atoms with Crippen molar-refractivity contribution in [2.45, 2.75) is 45.7 Å². The molecule has 1 amide bonds. The molecule has 2 saturated heterocycles. The molecule has 2 aliphatic rings. The third kappa shape index (κ3) is 6.19. The van der Waals surface area contributed by atoms with E-state index in [0.717, 1.165) is 58.3 Å². The first-order valence-electron chi connectivity index (χ1n) is 11.3. The number of benzene rings is 1. The molecule has 0 bridgehead atoms. The highest BCUT2D eigenvalue weighted by atomic mass is 16.5. The Kier molecular flexibility index (Phi) is 8.51. The molecule has 166 valence electrons. The molecule has 2 unspecified atom stereocenters. The first kappa shape index (κ1) is 22.6. The van der Waals surface area contributed by atoms with Crippen LogP contribution in [0.3, 0.4) is 0 Å². The van der Waals surface area contributed by atoms with Crippen molar-refractivity contribution in [2.75, 3.05) is 52.5 Å². The van der Waals surface area contributed by atoms with Crippen molar-refractivity contribution in [3.8, 4) is 0 Å². The van der Waals surface area contributed by atoms with Gasteiger partial charge in [-0.3, -0.25) is 14.7 Å². The zero-order valence-electron chi connectivity index (χ0n) is 18.7. The van der Waals surface area contributed by atoms with E-state index in [1.165, 1.54) is 11.1 Å². The maximum atomic E-state index is 12.0. The van der Waals surface area contributed by atoms with Crippen LogP contribution in [0.5, 0.6) is 0 Å². The van der Waals surface area contributed by atoms with Gasteiger partial charge in [0, 0.05) is 45.2 Å². The number of nitrogens with one attached hydrogen (secondary N) is 2. The van der Waals surface area contributed by atoms with Crippen molar-refractivity contribution in [3.05, 3.63) is 35.4 Å². The Labute approximate surface area is 180 Å². The van der Waals surface area contributed by atoms with Gasteiger partial charge >= 0.3 is 0 Å². The number of ether oxygens (including phenoxy) is 1. The van der Waals surface area contributed by atoms with Gasteiger partial charge in [0.25, 0.3) is 0 Å². The maximum absolute atomic E-state index is 12.0. The van der Waals surface area contributed by atoms with E-state index in [1.54, 1.807) is 0 Å². The average molecular weight is 416 g/mol. The van der Waals surface area contributed by atoms with Gasteiger partial charge in [-0.2, -0.15) is 0 Å². The van der Waals surface area contributed by atoms with Crippen LogP contribution in [0.2, 0.25) is 0 Å². The van der Waals surface area contributed by atoms with Crippen LogP contribution in [0.1, 0.15) is 43.9 Å². The van der Waals surface area contributed by atoms with E-state index in [1.807, 2.05) is 11.8 Å². The number of hydrogen-bond donors (Lipinski definition) is 2. The van der Waals surface area contributed by atoms with Crippen molar-refractivity contribution in [1.29, 1.82) is 0 Å². The predicted octanol–water partition coefficient (Wildman–Crippen LogP) is 1.93. The number of aliphatic imine (C=N–C) groups is 1. The van der Waals surface area contributed by atoms with E-state index in [-0.39, 0.29) is 18.0 Å². The Morgan fingerprint density at radius 3 is 2.77 bits per heavy atom. The summed E-state index contributed by atoms with van der Waals surface area (Å²) in [5, 5.41) is 6.93. The highest BCUT2D eigenvalue weighted by Crippen LogP contribution is 2.23. The fraction of sp³-hybridized carbons (Fsp3) is 0.652. The van der Waals surface area contributed by atoms with Crippen LogP contribution < -0.4 is 10.6 Å². The summed E-state index contributed by atoms with van der Waals surface area (Å²) >= 11 is 0. The van der Waals surface area contributed by atoms with Crippen molar-refractivity contribution in [3.63, 3.8) is 0 Å². The van der Waals surface area contributed by atoms with Gasteiger partial charge in [-0.15, -0.1) is 0 Å². The van der Waals surface area contributed by atoms with E-state index in [2.05, 4.69) is 53.6 Å². The SMILES string of the molecule is CCNC(=NCC(c1cccc(C)c1)N1CCOCC1)NC1CCN(C(=O)CC)C1. The van der Waals surface area contributed by atoms with Crippen molar-refractivity contribution < 1.29 is 9.53 Å². The van der Waals surface area contributed by atoms with E-state index < -0.39 is 0 Å². The lowest BCUT2D eigenvalue weighted by Crippen LogP contribution is -2.46. The molecule has 0 aliphatic carbocycles. The van der Waals surface area contributed by atoms with E-state index in [9.17, 15) is 4.79 Å². The molecule has 7 nitrogen and oxygen atoms in total. The van der Waals surface area contributed by atoms with Crippen LogP contribution in [-0.2, 0) is 9.53 Å². The number of rotatable bonds is 7. The highest BCUT2D eigenvalue weighted by Gasteiger charge is 2.26. The third-order valence-corrected chi connectivity index (χ3v) is 5.86. The number of nitrogens with zero attached hydrogens (tertiary/aromatic N) is 3. The summed E-state index contributed by atoms with van der Waals surface area (Å²) in [5.74, 6) is 1.06. The minimum atomic E-state index is 0.228. The number of amides is 1. The van der Waals surface area contributed by atoms with Gasteiger partial charge in [0.15, 0.2) is 5.96 Å². The topological polar surface area (TPSA) is 69.2 Å². The van der Waals surface area contributed by atoms with Crippen molar-refractivity contribution in [1.82, 2.24) is 20.4 Å². The Balaban J connectivity index is 1.70. The molecule has 3 rings (SSSR count). The van der Waals surface area contributed by atoms with Gasteiger partial charge in [-0.1, -0.05) is 36.8 Å². The second-order valence-corrected chi connectivity index (χ2v) is 8.12. The summed E-state index contributed by atoms with van der Waals surface area (Å²) in [7, 11) is 0. The zero-order valence-corrected chi connectivity index (χ0v) is 18.7. The van der Waals surface area contributed by atoms with Crippen LogP contribution in [0, 0.1) is 6.92 Å². The first-order valence-corrected chi connectivity index (χ1v) is 11.3. The Morgan fingerprint density at radius 2 is 2.07 bits per heavy atom. The molecule has 2 N–H and O–H groups in total. The lowest BCUT2D eigenvalue weighted by molar-refractivity contribution is -0.129. The molecule has 2 heterocycles. The summed E-state index contributed by atoms with van der Waals surface area (Å²) in [5.41, 5.74) is 2.57. The molecule has 0 aromatic heterocycles. The standard InChI is InChI=1S/C23H37N5O2/c1-4-22(29)28-10-9-20(17-28)26-23(24-5-2)25-16-21(27-11-13-30-14-12-27)19-8-6-7-18(3)15-19/h6-8,15,20-21H,4-5,9-14,16-17H2,1-3H3,(H2,24,25,26). The molecular formula is C23H37N5O2. The fourth-order valence-corrected chi connectivity index (χ4v) is 4.22. The van der Waals surface area contributed by atoms with Crippen LogP contribution in [0.15, 0.2) is 29.3 Å². The molecule has 2 fully saturated rings. The summed E-state index contributed by atoms with van der Waals surface area (Å²) in [4.78, 5) is 21.4. The monoisotopic (exact) mass is 415 g/mol. The van der Waals surface area contributed by atoms with Gasteiger partial charge in [-0.25, -0.2) is 0 Å². The van der Waals surface area contributed by atoms with Crippen molar-refractivity contribution in [2.24, 2.45) is 4.99 Å². The van der Waals surface area contributed by atoms with Crippen LogP contribution in [0.4, 0.5) is 0 Å². The van der Waals surface area contributed by atoms with E-state index in [0.29, 0.717) is 13.0 Å². The quantitative estimate of drug-likeness (QED) is 0.526.